The monoisotopic (exact) mass is 609 g/mol. The van der Waals surface area contributed by atoms with Crippen LogP contribution in [0, 0.1) is 13.0 Å². The number of benzene rings is 2. The maximum atomic E-state index is 13.8. The molecule has 0 bridgehead atoms. The van der Waals surface area contributed by atoms with Crippen molar-refractivity contribution in [3.8, 4) is 5.75 Å². The second kappa shape index (κ2) is 8.91. The Kier molecular flexibility index (Phi) is 6.79. The first-order chi connectivity index (χ1) is 12.9. The Balaban J connectivity index is 1.85. The van der Waals surface area contributed by atoms with Gasteiger partial charge in [0.05, 0.1) is 25.2 Å². The minimum atomic E-state index is -0.434. The van der Waals surface area contributed by atoms with E-state index in [1.54, 1.807) is 24.3 Å². The number of nitrogens with zero attached hydrogens (tertiary/aromatic N) is 1. The second-order valence-corrected chi connectivity index (χ2v) is 8.92. The number of rotatable bonds is 5. The molecule has 0 N–H and O–H groups in total. The van der Waals surface area contributed by atoms with E-state index in [4.69, 9.17) is 4.74 Å². The lowest BCUT2D eigenvalue weighted by atomic mass is 10.2. The Morgan fingerprint density at radius 3 is 2.48 bits per heavy atom. The number of carbonyl (C=O) groups excluding carboxylic acids is 2. The smallest absolute Gasteiger partial charge is 0.293 e. The molecule has 1 saturated heterocycles. The Morgan fingerprint density at radius 1 is 1.19 bits per heavy atom. The molecular formula is C19H14FI2NO3S. The fourth-order valence-electron chi connectivity index (χ4n) is 2.53. The number of ether oxygens (including phenoxy) is 1. The largest absolute Gasteiger partial charge is 0.492 e. The third kappa shape index (κ3) is 4.65. The van der Waals surface area contributed by atoms with Gasteiger partial charge in [-0.05, 0) is 93.7 Å². The average Bonchev–Trinajstić information content (AvgIpc) is 2.87. The van der Waals surface area contributed by atoms with Gasteiger partial charge < -0.3 is 4.74 Å². The molecule has 27 heavy (non-hydrogen) atoms. The summed E-state index contributed by atoms with van der Waals surface area (Å²) < 4.78 is 21.3. The first kappa shape index (κ1) is 20.6. The van der Waals surface area contributed by atoms with Gasteiger partial charge in [-0.2, -0.15) is 0 Å². The van der Waals surface area contributed by atoms with Crippen molar-refractivity contribution < 1.29 is 18.7 Å². The maximum Gasteiger partial charge on any atom is 0.293 e. The van der Waals surface area contributed by atoms with Crippen LogP contribution in [-0.4, -0.2) is 22.7 Å². The van der Waals surface area contributed by atoms with E-state index in [9.17, 15) is 14.0 Å². The number of hydrogen-bond donors (Lipinski definition) is 0. The van der Waals surface area contributed by atoms with Crippen molar-refractivity contribution in [2.45, 2.75) is 13.5 Å². The molecular weight excluding hydrogens is 595 g/mol. The number of amides is 2. The van der Waals surface area contributed by atoms with Gasteiger partial charge in [0.2, 0.25) is 0 Å². The van der Waals surface area contributed by atoms with Gasteiger partial charge in [0.15, 0.2) is 0 Å². The van der Waals surface area contributed by atoms with Gasteiger partial charge in [0.1, 0.15) is 11.6 Å². The van der Waals surface area contributed by atoms with Crippen molar-refractivity contribution in [2.24, 2.45) is 0 Å². The molecule has 2 aromatic carbocycles. The van der Waals surface area contributed by atoms with Gasteiger partial charge in [0, 0.05) is 5.56 Å². The molecule has 1 aliphatic heterocycles. The van der Waals surface area contributed by atoms with E-state index < -0.39 is 17.0 Å². The minimum absolute atomic E-state index is 0.0764. The summed E-state index contributed by atoms with van der Waals surface area (Å²) in [5.74, 6) is -0.0354. The van der Waals surface area contributed by atoms with Crippen LogP contribution in [-0.2, 0) is 11.3 Å². The van der Waals surface area contributed by atoms with Crippen molar-refractivity contribution >= 4 is 74.2 Å². The van der Waals surface area contributed by atoms with Crippen LogP contribution in [0.5, 0.6) is 5.75 Å². The molecule has 0 unspecified atom stereocenters. The van der Waals surface area contributed by atoms with Crippen LogP contribution < -0.4 is 4.74 Å². The second-order valence-electron chi connectivity index (χ2n) is 5.61. The number of carbonyl (C=O) groups is 2. The van der Waals surface area contributed by atoms with Crippen LogP contribution in [0.25, 0.3) is 6.08 Å². The number of hydrogen-bond acceptors (Lipinski definition) is 4. The van der Waals surface area contributed by atoms with Crippen molar-refractivity contribution in [3.63, 3.8) is 0 Å². The summed E-state index contributed by atoms with van der Waals surface area (Å²) in [5, 5.41) is -0.398. The normalized spacial score (nSPS) is 15.7. The lowest BCUT2D eigenvalue weighted by Gasteiger charge is -2.13. The zero-order chi connectivity index (χ0) is 19.6. The van der Waals surface area contributed by atoms with Gasteiger partial charge >= 0.3 is 0 Å². The zero-order valence-electron chi connectivity index (χ0n) is 14.2. The molecule has 1 aliphatic rings. The molecule has 140 valence electrons. The highest BCUT2D eigenvalue weighted by molar-refractivity contribution is 14.1. The number of halogens is 3. The molecule has 3 rings (SSSR count). The van der Waals surface area contributed by atoms with Crippen LogP contribution in [0.3, 0.4) is 0 Å². The molecule has 0 aromatic heterocycles. The highest BCUT2D eigenvalue weighted by atomic mass is 127. The summed E-state index contributed by atoms with van der Waals surface area (Å²) in [6, 6.07) is 9.93. The van der Waals surface area contributed by atoms with Crippen molar-refractivity contribution in [3.05, 3.63) is 65.4 Å². The average molecular weight is 609 g/mol. The Labute approximate surface area is 187 Å². The SMILES string of the molecule is CCOc1c(I)cc(/C=C2\SC(=O)N(Cc3ccccc3F)C2=O)cc1I. The lowest BCUT2D eigenvalue weighted by Crippen LogP contribution is -2.27. The lowest BCUT2D eigenvalue weighted by molar-refractivity contribution is -0.123. The van der Waals surface area contributed by atoms with Gasteiger partial charge in [-0.25, -0.2) is 4.39 Å². The summed E-state index contributed by atoms with van der Waals surface area (Å²) in [6.07, 6.45) is 1.69. The predicted octanol–water partition coefficient (Wildman–Crippen LogP) is 5.67. The van der Waals surface area contributed by atoms with E-state index in [-0.39, 0.29) is 6.54 Å². The van der Waals surface area contributed by atoms with Gasteiger partial charge in [-0.3, -0.25) is 14.5 Å². The third-order valence-corrected chi connectivity index (χ3v) is 6.28. The molecule has 0 saturated carbocycles. The van der Waals surface area contributed by atoms with Crippen molar-refractivity contribution in [1.29, 1.82) is 0 Å². The van der Waals surface area contributed by atoms with Crippen LogP contribution in [0.4, 0.5) is 9.18 Å². The van der Waals surface area contributed by atoms with Gasteiger partial charge in [-0.15, -0.1) is 0 Å². The topological polar surface area (TPSA) is 46.6 Å². The van der Waals surface area contributed by atoms with Crippen LogP contribution >= 0.6 is 56.9 Å². The molecule has 4 nitrogen and oxygen atoms in total. The van der Waals surface area contributed by atoms with E-state index >= 15 is 0 Å². The summed E-state index contributed by atoms with van der Waals surface area (Å²) in [7, 11) is 0. The van der Waals surface area contributed by atoms with Crippen molar-refractivity contribution in [1.82, 2.24) is 4.90 Å². The van der Waals surface area contributed by atoms with E-state index in [0.29, 0.717) is 17.1 Å². The van der Waals surface area contributed by atoms with Gasteiger partial charge in [0.25, 0.3) is 11.1 Å². The molecule has 1 heterocycles. The third-order valence-electron chi connectivity index (χ3n) is 3.77. The maximum absolute atomic E-state index is 13.8. The van der Waals surface area contributed by atoms with Crippen LogP contribution in [0.2, 0.25) is 0 Å². The first-order valence-electron chi connectivity index (χ1n) is 8.01. The van der Waals surface area contributed by atoms with E-state index in [1.807, 2.05) is 19.1 Å². The van der Waals surface area contributed by atoms with Gasteiger partial charge in [-0.1, -0.05) is 18.2 Å². The van der Waals surface area contributed by atoms with Crippen LogP contribution in [0.15, 0.2) is 41.3 Å². The molecule has 2 aromatic rings. The highest BCUT2D eigenvalue weighted by Crippen LogP contribution is 2.35. The first-order valence-corrected chi connectivity index (χ1v) is 11.0. The zero-order valence-corrected chi connectivity index (χ0v) is 19.3. The highest BCUT2D eigenvalue weighted by Gasteiger charge is 2.35. The number of imide groups is 1. The summed E-state index contributed by atoms with van der Waals surface area (Å²) in [5.41, 5.74) is 1.12. The fourth-order valence-corrected chi connectivity index (χ4v) is 5.50. The summed E-state index contributed by atoms with van der Waals surface area (Å²) in [6.45, 7) is 2.42. The Morgan fingerprint density at radius 2 is 1.85 bits per heavy atom. The standard InChI is InChI=1S/C19H14FI2NO3S/c1-2-26-17-14(21)7-11(8-15(17)22)9-16-18(24)23(19(25)27-16)10-12-5-3-4-6-13(12)20/h3-9H,2,10H2,1H3/b16-9-. The van der Waals surface area contributed by atoms with Crippen molar-refractivity contribution in [2.75, 3.05) is 6.61 Å². The molecule has 1 fully saturated rings. The molecule has 0 radical (unpaired) electrons. The number of thioether (sulfide) groups is 1. The molecule has 0 atom stereocenters. The molecule has 8 heteroatoms. The van der Waals surface area contributed by atoms with Crippen LogP contribution in [0.1, 0.15) is 18.1 Å². The molecule has 0 spiro atoms. The molecule has 0 aliphatic carbocycles. The summed E-state index contributed by atoms with van der Waals surface area (Å²) >= 11 is 5.24. The van der Waals surface area contributed by atoms with E-state index in [1.165, 1.54) is 6.07 Å². The minimum Gasteiger partial charge on any atom is -0.492 e. The summed E-state index contributed by atoms with van der Waals surface area (Å²) in [4.78, 5) is 26.3. The fraction of sp³-hybridized carbons (Fsp3) is 0.158. The predicted molar refractivity (Wildman–Crippen MR) is 121 cm³/mol. The quantitative estimate of drug-likeness (QED) is 0.324. The van der Waals surface area contributed by atoms with E-state index in [2.05, 4.69) is 45.2 Å². The Bertz CT molecular complexity index is 925. The van der Waals surface area contributed by atoms with E-state index in [0.717, 1.165) is 35.1 Å². The Hall–Kier alpha value is -1.14. The molecule has 2 amide bonds.